The van der Waals surface area contributed by atoms with Crippen LogP contribution < -0.4 is 10.5 Å². The van der Waals surface area contributed by atoms with E-state index in [-0.39, 0.29) is 17.9 Å². The zero-order valence-corrected chi connectivity index (χ0v) is 8.75. The number of carbonyl (C=O) groups is 1. The maximum atomic E-state index is 11.5. The fourth-order valence-electron chi connectivity index (χ4n) is 0.938. The van der Waals surface area contributed by atoms with Gasteiger partial charge in [-0.05, 0) is 6.42 Å². The average Bonchev–Trinajstić information content (AvgIpc) is 2.65. The molecular weight excluding hydrogens is 220 g/mol. The maximum absolute atomic E-state index is 11.5. The zero-order valence-electron chi connectivity index (χ0n) is 7.93. The molecule has 0 saturated heterocycles. The third kappa shape index (κ3) is 3.68. The Morgan fingerprint density at radius 1 is 1.60 bits per heavy atom. The second-order valence-electron chi connectivity index (χ2n) is 2.90. The number of aromatic nitrogens is 2. The molecule has 0 fully saturated rings. The molecular formula is C7H12N4O3S. The molecule has 1 amide bonds. The lowest BCUT2D eigenvalue weighted by atomic mass is 10.3. The number of hydrogen-bond donors (Lipinski definition) is 3. The van der Waals surface area contributed by atoms with Gasteiger partial charge in [-0.2, -0.15) is 5.10 Å². The third-order valence-electron chi connectivity index (χ3n) is 1.68. The molecule has 0 aliphatic heterocycles. The summed E-state index contributed by atoms with van der Waals surface area (Å²) in [4.78, 5) is 10.5. The summed E-state index contributed by atoms with van der Waals surface area (Å²) in [5.74, 6) is -0.447. The molecule has 0 spiro atoms. The molecule has 0 aliphatic carbocycles. The van der Waals surface area contributed by atoms with E-state index in [0.29, 0.717) is 6.42 Å². The molecule has 1 heterocycles. The molecule has 1 rings (SSSR count). The fraction of sp³-hybridized carbons (Fsp3) is 0.429. The van der Waals surface area contributed by atoms with Gasteiger partial charge in [0.25, 0.3) is 0 Å². The van der Waals surface area contributed by atoms with Crippen LogP contribution in [0.4, 0.5) is 0 Å². The van der Waals surface area contributed by atoms with Crippen molar-refractivity contribution in [2.45, 2.75) is 17.7 Å². The van der Waals surface area contributed by atoms with Crippen molar-refractivity contribution < 1.29 is 13.2 Å². The van der Waals surface area contributed by atoms with Crippen molar-refractivity contribution in [3.05, 3.63) is 12.4 Å². The summed E-state index contributed by atoms with van der Waals surface area (Å²) in [6.07, 6.45) is 3.02. The molecule has 0 unspecified atom stereocenters. The van der Waals surface area contributed by atoms with Crippen LogP contribution in [-0.4, -0.2) is 31.1 Å². The Balaban J connectivity index is 2.42. The second kappa shape index (κ2) is 4.89. The first kappa shape index (κ1) is 11.7. The van der Waals surface area contributed by atoms with Crippen molar-refractivity contribution in [1.82, 2.24) is 14.9 Å². The number of primary amides is 1. The van der Waals surface area contributed by atoms with Crippen LogP contribution in [-0.2, 0) is 14.8 Å². The Kier molecular flexibility index (Phi) is 3.81. The highest BCUT2D eigenvalue weighted by atomic mass is 32.2. The number of nitrogens with zero attached hydrogens (tertiary/aromatic N) is 1. The highest BCUT2D eigenvalue weighted by Gasteiger charge is 2.13. The number of nitrogens with two attached hydrogens (primary N) is 1. The minimum absolute atomic E-state index is 0.0709. The van der Waals surface area contributed by atoms with Gasteiger partial charge in [0.2, 0.25) is 15.9 Å². The van der Waals surface area contributed by atoms with E-state index in [2.05, 4.69) is 14.9 Å². The van der Waals surface area contributed by atoms with Gasteiger partial charge in [-0.25, -0.2) is 13.1 Å². The van der Waals surface area contributed by atoms with Crippen LogP contribution in [0.25, 0.3) is 0 Å². The maximum Gasteiger partial charge on any atom is 0.243 e. The smallest absolute Gasteiger partial charge is 0.243 e. The summed E-state index contributed by atoms with van der Waals surface area (Å²) in [6, 6.07) is 0. The standard InChI is InChI=1S/C7H12N4O3S/c8-7(12)2-1-3-11-15(13,14)6-4-9-10-5-6/h4-5,11H,1-3H2,(H2,8,12)(H,9,10). The molecule has 0 atom stereocenters. The Bertz CT molecular complexity index is 411. The van der Waals surface area contributed by atoms with Crippen LogP contribution in [0.15, 0.2) is 17.3 Å². The van der Waals surface area contributed by atoms with Gasteiger partial charge in [-0.3, -0.25) is 9.89 Å². The summed E-state index contributed by atoms with van der Waals surface area (Å²) in [5, 5.41) is 5.93. The molecule has 0 saturated carbocycles. The van der Waals surface area contributed by atoms with Crippen LogP contribution in [0, 0.1) is 0 Å². The van der Waals surface area contributed by atoms with E-state index in [0.717, 1.165) is 0 Å². The van der Waals surface area contributed by atoms with Crippen molar-refractivity contribution in [3.8, 4) is 0 Å². The van der Waals surface area contributed by atoms with Gasteiger partial charge in [-0.15, -0.1) is 0 Å². The molecule has 84 valence electrons. The van der Waals surface area contributed by atoms with E-state index < -0.39 is 15.9 Å². The zero-order chi connectivity index (χ0) is 11.3. The fourth-order valence-corrected chi connectivity index (χ4v) is 1.92. The highest BCUT2D eigenvalue weighted by Crippen LogP contribution is 2.03. The first-order valence-electron chi connectivity index (χ1n) is 4.29. The van der Waals surface area contributed by atoms with Gasteiger partial charge >= 0.3 is 0 Å². The minimum atomic E-state index is -3.51. The summed E-state index contributed by atoms with van der Waals surface area (Å²) < 4.78 is 25.2. The van der Waals surface area contributed by atoms with Gasteiger partial charge in [0.1, 0.15) is 4.90 Å². The number of rotatable bonds is 6. The number of carbonyl (C=O) groups excluding carboxylic acids is 1. The summed E-state index contributed by atoms with van der Waals surface area (Å²) in [7, 11) is -3.51. The van der Waals surface area contributed by atoms with Crippen LogP contribution in [0.2, 0.25) is 0 Å². The predicted molar refractivity (Wildman–Crippen MR) is 52.2 cm³/mol. The van der Waals surface area contributed by atoms with Gasteiger partial charge in [0.15, 0.2) is 0 Å². The van der Waals surface area contributed by atoms with Crippen molar-refractivity contribution in [3.63, 3.8) is 0 Å². The highest BCUT2D eigenvalue weighted by molar-refractivity contribution is 7.89. The van der Waals surface area contributed by atoms with Crippen LogP contribution in [0.3, 0.4) is 0 Å². The number of H-pyrrole nitrogens is 1. The molecule has 4 N–H and O–H groups in total. The Labute approximate surface area is 87.1 Å². The monoisotopic (exact) mass is 232 g/mol. The van der Waals surface area contributed by atoms with Gasteiger partial charge in [0, 0.05) is 19.2 Å². The molecule has 8 heteroatoms. The molecule has 1 aromatic rings. The molecule has 1 aromatic heterocycles. The molecule has 0 aliphatic rings. The Hall–Kier alpha value is -1.41. The van der Waals surface area contributed by atoms with Crippen molar-refractivity contribution in [2.24, 2.45) is 5.73 Å². The van der Waals surface area contributed by atoms with Crippen LogP contribution in [0.5, 0.6) is 0 Å². The summed E-state index contributed by atoms with van der Waals surface area (Å²) in [6.45, 7) is 0.177. The quantitative estimate of drug-likeness (QED) is 0.542. The predicted octanol–water partition coefficient (Wildman–Crippen LogP) is -1.05. The topological polar surface area (TPSA) is 118 Å². The van der Waals surface area contributed by atoms with E-state index in [9.17, 15) is 13.2 Å². The molecule has 0 aromatic carbocycles. The second-order valence-corrected chi connectivity index (χ2v) is 4.67. The minimum Gasteiger partial charge on any atom is -0.370 e. The van der Waals surface area contributed by atoms with Crippen molar-refractivity contribution in [2.75, 3.05) is 6.54 Å². The molecule has 0 radical (unpaired) electrons. The first-order chi connectivity index (χ1) is 7.02. The van der Waals surface area contributed by atoms with E-state index in [1.807, 2.05) is 0 Å². The Morgan fingerprint density at radius 2 is 2.33 bits per heavy atom. The van der Waals surface area contributed by atoms with E-state index in [1.54, 1.807) is 0 Å². The Morgan fingerprint density at radius 3 is 2.87 bits per heavy atom. The number of aromatic amines is 1. The van der Waals surface area contributed by atoms with Crippen molar-refractivity contribution >= 4 is 15.9 Å². The number of sulfonamides is 1. The normalized spacial score (nSPS) is 11.5. The number of nitrogens with one attached hydrogen (secondary N) is 2. The van der Waals surface area contributed by atoms with E-state index >= 15 is 0 Å². The molecule has 7 nitrogen and oxygen atoms in total. The summed E-state index contributed by atoms with van der Waals surface area (Å²) >= 11 is 0. The first-order valence-corrected chi connectivity index (χ1v) is 5.77. The van der Waals surface area contributed by atoms with E-state index in [4.69, 9.17) is 5.73 Å². The third-order valence-corrected chi connectivity index (χ3v) is 3.10. The van der Waals surface area contributed by atoms with Crippen molar-refractivity contribution in [1.29, 1.82) is 0 Å². The average molecular weight is 232 g/mol. The lowest BCUT2D eigenvalue weighted by Crippen LogP contribution is -2.25. The van der Waals surface area contributed by atoms with Crippen LogP contribution >= 0.6 is 0 Å². The molecule has 0 bridgehead atoms. The van der Waals surface area contributed by atoms with Crippen LogP contribution in [0.1, 0.15) is 12.8 Å². The van der Waals surface area contributed by atoms with E-state index in [1.165, 1.54) is 12.4 Å². The largest absolute Gasteiger partial charge is 0.370 e. The van der Waals surface area contributed by atoms with Gasteiger partial charge < -0.3 is 5.73 Å². The molecule has 15 heavy (non-hydrogen) atoms. The summed E-state index contributed by atoms with van der Waals surface area (Å²) in [5.41, 5.74) is 4.91. The number of amides is 1. The van der Waals surface area contributed by atoms with Gasteiger partial charge in [0.05, 0.1) is 6.20 Å². The van der Waals surface area contributed by atoms with Gasteiger partial charge in [-0.1, -0.05) is 0 Å². The number of hydrogen-bond acceptors (Lipinski definition) is 4. The lowest BCUT2D eigenvalue weighted by molar-refractivity contribution is -0.118. The lowest BCUT2D eigenvalue weighted by Gasteiger charge is -2.02. The SMILES string of the molecule is NC(=O)CCCNS(=O)(=O)c1cn[nH]c1.